The van der Waals surface area contributed by atoms with Crippen molar-refractivity contribution in [2.75, 3.05) is 39.3 Å². The minimum Gasteiger partial charge on any atom is -0.368 e. The summed E-state index contributed by atoms with van der Waals surface area (Å²) in [6, 6.07) is 0.595. The second-order valence-corrected chi connectivity index (χ2v) is 6.15. The van der Waals surface area contributed by atoms with Gasteiger partial charge >= 0.3 is 0 Å². The maximum Gasteiger partial charge on any atom is 0.237 e. The van der Waals surface area contributed by atoms with Crippen molar-refractivity contribution in [3.8, 4) is 0 Å². The molecule has 1 amide bonds. The Morgan fingerprint density at radius 3 is 2.60 bits per heavy atom. The zero-order valence-electron chi connectivity index (χ0n) is 13.6. The Labute approximate surface area is 123 Å². The lowest BCUT2D eigenvalue weighted by Crippen LogP contribution is -2.57. The van der Waals surface area contributed by atoms with Crippen LogP contribution in [0.25, 0.3) is 0 Å². The maximum absolute atomic E-state index is 11.7. The van der Waals surface area contributed by atoms with E-state index in [4.69, 9.17) is 5.73 Å². The lowest BCUT2D eigenvalue weighted by atomic mass is 9.96. The lowest BCUT2D eigenvalue weighted by Gasteiger charge is -2.40. The molecule has 0 spiro atoms. The maximum atomic E-state index is 11.7. The van der Waals surface area contributed by atoms with E-state index in [-0.39, 0.29) is 5.91 Å². The van der Waals surface area contributed by atoms with Crippen molar-refractivity contribution in [2.24, 2.45) is 5.73 Å². The highest BCUT2D eigenvalue weighted by molar-refractivity contribution is 5.84. The first-order chi connectivity index (χ1) is 9.42. The Morgan fingerprint density at radius 2 is 2.10 bits per heavy atom. The van der Waals surface area contributed by atoms with Crippen LogP contribution in [0.15, 0.2) is 0 Å². The summed E-state index contributed by atoms with van der Waals surface area (Å²) in [5, 5.41) is 3.30. The molecule has 1 rings (SSSR count). The van der Waals surface area contributed by atoms with E-state index in [1.165, 1.54) is 0 Å². The fraction of sp³-hybridized carbons (Fsp3) is 0.933. The number of carbonyl (C=O) groups excluding carboxylic acids is 1. The third kappa shape index (κ3) is 4.72. The molecule has 118 valence electrons. The molecular formula is C15H32N4O. The monoisotopic (exact) mass is 284 g/mol. The van der Waals surface area contributed by atoms with Gasteiger partial charge in [0.15, 0.2) is 0 Å². The third-order valence-electron chi connectivity index (χ3n) is 4.49. The van der Waals surface area contributed by atoms with E-state index in [1.54, 1.807) is 0 Å². The summed E-state index contributed by atoms with van der Waals surface area (Å²) in [4.78, 5) is 16.6. The molecule has 5 nitrogen and oxygen atoms in total. The fourth-order valence-electron chi connectivity index (χ4n) is 2.82. The van der Waals surface area contributed by atoms with Crippen molar-refractivity contribution < 1.29 is 4.79 Å². The molecule has 0 aromatic carbocycles. The number of amides is 1. The predicted molar refractivity (Wildman–Crippen MR) is 83.7 cm³/mol. The first kappa shape index (κ1) is 17.4. The normalized spacial score (nSPS) is 24.5. The van der Waals surface area contributed by atoms with Crippen LogP contribution in [0, 0.1) is 0 Å². The van der Waals surface area contributed by atoms with Gasteiger partial charge in [-0.05, 0) is 39.8 Å². The molecule has 3 N–H and O–H groups in total. The van der Waals surface area contributed by atoms with Gasteiger partial charge in [0.1, 0.15) is 0 Å². The van der Waals surface area contributed by atoms with E-state index in [9.17, 15) is 4.79 Å². The summed E-state index contributed by atoms with van der Waals surface area (Å²) in [5.41, 5.74) is 4.99. The van der Waals surface area contributed by atoms with Crippen molar-refractivity contribution in [1.82, 2.24) is 15.1 Å². The quantitative estimate of drug-likeness (QED) is 0.687. The van der Waals surface area contributed by atoms with Gasteiger partial charge in [0, 0.05) is 32.2 Å². The van der Waals surface area contributed by atoms with Crippen LogP contribution >= 0.6 is 0 Å². The van der Waals surface area contributed by atoms with Crippen molar-refractivity contribution in [2.45, 2.75) is 52.1 Å². The zero-order chi connectivity index (χ0) is 15.2. The molecule has 20 heavy (non-hydrogen) atoms. The van der Waals surface area contributed by atoms with E-state index in [0.717, 1.165) is 52.1 Å². The molecule has 1 heterocycles. The number of carbonyl (C=O) groups is 1. The van der Waals surface area contributed by atoms with Crippen LogP contribution in [-0.4, -0.2) is 66.6 Å². The molecule has 1 aliphatic rings. The van der Waals surface area contributed by atoms with E-state index in [1.807, 2.05) is 6.92 Å². The van der Waals surface area contributed by atoms with Crippen LogP contribution in [0.3, 0.4) is 0 Å². The van der Waals surface area contributed by atoms with Gasteiger partial charge in [-0.3, -0.25) is 9.69 Å². The van der Waals surface area contributed by atoms with E-state index < -0.39 is 5.54 Å². The summed E-state index contributed by atoms with van der Waals surface area (Å²) in [6.45, 7) is 14.7. The highest BCUT2D eigenvalue weighted by atomic mass is 16.1. The molecule has 5 heteroatoms. The number of hydrogen-bond donors (Lipinski definition) is 2. The SMILES string of the molecule is CCCNC(C)(CCN1CCN(CC)C(C)C1)C(N)=O. The summed E-state index contributed by atoms with van der Waals surface area (Å²) in [6.07, 6.45) is 1.79. The summed E-state index contributed by atoms with van der Waals surface area (Å²) in [7, 11) is 0. The van der Waals surface area contributed by atoms with Gasteiger partial charge in [-0.2, -0.15) is 0 Å². The number of primary amides is 1. The molecule has 2 atom stereocenters. The second kappa shape index (κ2) is 7.96. The molecule has 2 unspecified atom stereocenters. The number of nitrogens with one attached hydrogen (secondary N) is 1. The van der Waals surface area contributed by atoms with E-state index in [0.29, 0.717) is 6.04 Å². The number of nitrogens with zero attached hydrogens (tertiary/aromatic N) is 2. The summed E-state index contributed by atoms with van der Waals surface area (Å²) >= 11 is 0. The van der Waals surface area contributed by atoms with Crippen LogP contribution in [-0.2, 0) is 4.79 Å². The first-order valence-electron chi connectivity index (χ1n) is 7.94. The largest absolute Gasteiger partial charge is 0.368 e. The summed E-state index contributed by atoms with van der Waals surface area (Å²) in [5.74, 6) is -0.244. The molecule has 0 aromatic heterocycles. The zero-order valence-corrected chi connectivity index (χ0v) is 13.6. The van der Waals surface area contributed by atoms with E-state index >= 15 is 0 Å². The Hall–Kier alpha value is -0.650. The number of rotatable bonds is 8. The van der Waals surface area contributed by atoms with Gasteiger partial charge in [-0.1, -0.05) is 13.8 Å². The molecule has 1 saturated heterocycles. The van der Waals surface area contributed by atoms with Crippen molar-refractivity contribution in [3.05, 3.63) is 0 Å². The first-order valence-corrected chi connectivity index (χ1v) is 7.94. The molecular weight excluding hydrogens is 252 g/mol. The van der Waals surface area contributed by atoms with Gasteiger partial charge in [0.2, 0.25) is 5.91 Å². The van der Waals surface area contributed by atoms with Crippen LogP contribution < -0.4 is 11.1 Å². The van der Waals surface area contributed by atoms with Gasteiger partial charge in [0.25, 0.3) is 0 Å². The molecule has 0 bridgehead atoms. The molecule has 0 aliphatic carbocycles. The van der Waals surface area contributed by atoms with Gasteiger partial charge in [-0.15, -0.1) is 0 Å². The number of hydrogen-bond acceptors (Lipinski definition) is 4. The average Bonchev–Trinajstić information content (AvgIpc) is 2.43. The van der Waals surface area contributed by atoms with Gasteiger partial charge < -0.3 is 16.0 Å². The van der Waals surface area contributed by atoms with Crippen molar-refractivity contribution in [1.29, 1.82) is 0 Å². The fourth-order valence-corrected chi connectivity index (χ4v) is 2.82. The molecule has 0 saturated carbocycles. The number of piperazine rings is 1. The highest BCUT2D eigenvalue weighted by Crippen LogP contribution is 2.14. The molecule has 0 radical (unpaired) electrons. The van der Waals surface area contributed by atoms with Gasteiger partial charge in [-0.25, -0.2) is 0 Å². The molecule has 1 fully saturated rings. The number of likely N-dealkylation sites (N-methyl/N-ethyl adjacent to an activating group) is 1. The van der Waals surface area contributed by atoms with Crippen LogP contribution in [0.4, 0.5) is 0 Å². The smallest absolute Gasteiger partial charge is 0.237 e. The van der Waals surface area contributed by atoms with Crippen molar-refractivity contribution >= 4 is 5.91 Å². The van der Waals surface area contributed by atoms with Crippen LogP contribution in [0.1, 0.15) is 40.5 Å². The Kier molecular flexibility index (Phi) is 6.92. The van der Waals surface area contributed by atoms with Crippen LogP contribution in [0.2, 0.25) is 0 Å². The van der Waals surface area contributed by atoms with Gasteiger partial charge in [0.05, 0.1) is 5.54 Å². The average molecular weight is 284 g/mol. The standard InChI is InChI=1S/C15H32N4O/c1-5-8-17-15(4,14(16)20)7-9-18-10-11-19(6-2)13(3)12-18/h13,17H,5-12H2,1-4H3,(H2,16,20). The highest BCUT2D eigenvalue weighted by Gasteiger charge is 2.31. The molecule has 1 aliphatic heterocycles. The third-order valence-corrected chi connectivity index (χ3v) is 4.49. The van der Waals surface area contributed by atoms with E-state index in [2.05, 4.69) is 35.9 Å². The minimum atomic E-state index is -0.582. The second-order valence-electron chi connectivity index (χ2n) is 6.15. The lowest BCUT2D eigenvalue weighted by molar-refractivity contribution is -0.124. The minimum absolute atomic E-state index is 0.244. The Balaban J connectivity index is 2.46. The van der Waals surface area contributed by atoms with Crippen LogP contribution in [0.5, 0.6) is 0 Å². The van der Waals surface area contributed by atoms with Crippen molar-refractivity contribution in [3.63, 3.8) is 0 Å². The topological polar surface area (TPSA) is 61.6 Å². The predicted octanol–water partition coefficient (Wildman–Crippen LogP) is 0.646. The Bertz CT molecular complexity index is 310. The summed E-state index contributed by atoms with van der Waals surface area (Å²) < 4.78 is 0. The Morgan fingerprint density at radius 1 is 1.40 bits per heavy atom. The molecule has 0 aromatic rings. The number of nitrogens with two attached hydrogens (primary N) is 1.